The van der Waals surface area contributed by atoms with Gasteiger partial charge in [-0.2, -0.15) is 5.10 Å². The van der Waals surface area contributed by atoms with E-state index in [-0.39, 0.29) is 6.61 Å². The van der Waals surface area contributed by atoms with E-state index in [1.807, 2.05) is 53.0 Å². The molecule has 1 aromatic carbocycles. The Hall–Kier alpha value is -3.05. The van der Waals surface area contributed by atoms with Crippen molar-refractivity contribution in [2.45, 2.75) is 6.61 Å². The molecular formula is C18H14N4O. The molecule has 0 fully saturated rings. The van der Waals surface area contributed by atoms with Gasteiger partial charge >= 0.3 is 0 Å². The lowest BCUT2D eigenvalue weighted by molar-refractivity contribution is 0.282. The average Bonchev–Trinajstić information content (AvgIpc) is 3.05. The van der Waals surface area contributed by atoms with Crippen molar-refractivity contribution < 1.29 is 5.11 Å². The lowest BCUT2D eigenvalue weighted by Gasteiger charge is -2.05. The molecule has 0 radical (unpaired) electrons. The van der Waals surface area contributed by atoms with Crippen LogP contribution in [0.3, 0.4) is 0 Å². The van der Waals surface area contributed by atoms with Gasteiger partial charge in [-0.15, -0.1) is 0 Å². The monoisotopic (exact) mass is 302 g/mol. The summed E-state index contributed by atoms with van der Waals surface area (Å²) in [5.74, 6) is 0. The molecule has 5 heteroatoms. The summed E-state index contributed by atoms with van der Waals surface area (Å²) in [6.45, 7) is 0.0128. The Morgan fingerprint density at radius 3 is 2.70 bits per heavy atom. The number of rotatable bonds is 3. The maximum atomic E-state index is 9.32. The van der Waals surface area contributed by atoms with Gasteiger partial charge in [0.1, 0.15) is 0 Å². The van der Waals surface area contributed by atoms with Gasteiger partial charge in [0.15, 0.2) is 5.65 Å². The third-order valence-electron chi connectivity index (χ3n) is 3.72. The van der Waals surface area contributed by atoms with E-state index in [0.29, 0.717) is 0 Å². The third-order valence-corrected chi connectivity index (χ3v) is 3.72. The molecule has 0 atom stereocenters. The van der Waals surface area contributed by atoms with Gasteiger partial charge < -0.3 is 5.11 Å². The first kappa shape index (κ1) is 13.6. The van der Waals surface area contributed by atoms with Gasteiger partial charge in [-0.25, -0.2) is 9.50 Å². The van der Waals surface area contributed by atoms with Gasteiger partial charge in [-0.3, -0.25) is 4.98 Å². The second kappa shape index (κ2) is 5.62. The van der Waals surface area contributed by atoms with Crippen LogP contribution >= 0.6 is 0 Å². The van der Waals surface area contributed by atoms with Crippen LogP contribution in [0.4, 0.5) is 0 Å². The van der Waals surface area contributed by atoms with E-state index in [1.165, 1.54) is 0 Å². The number of aliphatic hydroxyl groups excluding tert-OH is 1. The first-order chi connectivity index (χ1) is 11.3. The Labute approximate surface area is 132 Å². The van der Waals surface area contributed by atoms with Crippen LogP contribution in [0.25, 0.3) is 28.2 Å². The number of fused-ring (bicyclic) bond motifs is 1. The summed E-state index contributed by atoms with van der Waals surface area (Å²) in [6.07, 6.45) is 5.33. The molecule has 4 rings (SSSR count). The molecule has 23 heavy (non-hydrogen) atoms. The van der Waals surface area contributed by atoms with Crippen LogP contribution in [0.1, 0.15) is 5.56 Å². The highest BCUT2D eigenvalue weighted by Crippen LogP contribution is 2.23. The fraction of sp³-hybridized carbons (Fsp3) is 0.0556. The van der Waals surface area contributed by atoms with Crippen molar-refractivity contribution in [3.63, 3.8) is 0 Å². The van der Waals surface area contributed by atoms with E-state index in [9.17, 15) is 5.11 Å². The van der Waals surface area contributed by atoms with Crippen LogP contribution in [-0.2, 0) is 6.61 Å². The number of hydrogen-bond donors (Lipinski definition) is 1. The van der Waals surface area contributed by atoms with E-state index in [2.05, 4.69) is 15.1 Å². The first-order valence-corrected chi connectivity index (χ1v) is 7.30. The molecule has 3 aromatic heterocycles. The maximum absolute atomic E-state index is 9.32. The highest BCUT2D eigenvalue weighted by molar-refractivity contribution is 5.66. The van der Waals surface area contributed by atoms with Crippen molar-refractivity contribution in [3.05, 3.63) is 72.7 Å². The van der Waals surface area contributed by atoms with Crippen molar-refractivity contribution in [1.29, 1.82) is 0 Å². The quantitative estimate of drug-likeness (QED) is 0.632. The molecule has 0 aliphatic carbocycles. The molecule has 0 bridgehead atoms. The van der Waals surface area contributed by atoms with Crippen LogP contribution in [0.5, 0.6) is 0 Å². The van der Waals surface area contributed by atoms with E-state index < -0.39 is 0 Å². The zero-order chi connectivity index (χ0) is 15.6. The number of benzene rings is 1. The maximum Gasteiger partial charge on any atom is 0.154 e. The van der Waals surface area contributed by atoms with Crippen molar-refractivity contribution in [1.82, 2.24) is 19.6 Å². The third kappa shape index (κ3) is 2.47. The number of pyridine rings is 1. The Morgan fingerprint density at radius 2 is 1.87 bits per heavy atom. The van der Waals surface area contributed by atoms with Crippen molar-refractivity contribution in [3.8, 4) is 22.5 Å². The van der Waals surface area contributed by atoms with Crippen molar-refractivity contribution in [2.75, 3.05) is 0 Å². The van der Waals surface area contributed by atoms with E-state index in [4.69, 9.17) is 0 Å². The Balaban J connectivity index is 1.88. The molecule has 5 nitrogen and oxygen atoms in total. The predicted octanol–water partition coefficient (Wildman–Crippen LogP) is 2.95. The van der Waals surface area contributed by atoms with Crippen LogP contribution in [-0.4, -0.2) is 24.7 Å². The smallest absolute Gasteiger partial charge is 0.154 e. The van der Waals surface area contributed by atoms with Gasteiger partial charge in [0.05, 0.1) is 24.2 Å². The van der Waals surface area contributed by atoms with Crippen molar-refractivity contribution in [2.24, 2.45) is 0 Å². The second-order valence-corrected chi connectivity index (χ2v) is 5.23. The summed E-state index contributed by atoms with van der Waals surface area (Å²) in [6, 6.07) is 15.5. The first-order valence-electron chi connectivity index (χ1n) is 7.30. The zero-order valence-corrected chi connectivity index (χ0v) is 12.3. The van der Waals surface area contributed by atoms with Crippen LogP contribution < -0.4 is 0 Å². The summed E-state index contributed by atoms with van der Waals surface area (Å²) in [7, 11) is 0. The summed E-state index contributed by atoms with van der Waals surface area (Å²) in [5, 5.41) is 14.0. The van der Waals surface area contributed by atoms with E-state index in [0.717, 1.165) is 33.7 Å². The van der Waals surface area contributed by atoms with E-state index in [1.54, 1.807) is 18.6 Å². The molecule has 3 heterocycles. The number of imidazole rings is 1. The number of nitrogens with zero attached hydrogens (tertiary/aromatic N) is 4. The number of aromatic nitrogens is 4. The zero-order valence-electron chi connectivity index (χ0n) is 12.3. The number of aliphatic hydroxyl groups is 1. The predicted molar refractivity (Wildman–Crippen MR) is 87.6 cm³/mol. The molecular weight excluding hydrogens is 288 g/mol. The Bertz CT molecular complexity index is 963. The number of hydrogen-bond acceptors (Lipinski definition) is 4. The second-order valence-electron chi connectivity index (χ2n) is 5.23. The molecule has 0 amide bonds. The van der Waals surface area contributed by atoms with Crippen LogP contribution in [0.2, 0.25) is 0 Å². The molecule has 0 aliphatic rings. The van der Waals surface area contributed by atoms with Gasteiger partial charge in [0.2, 0.25) is 0 Å². The van der Waals surface area contributed by atoms with Gasteiger partial charge in [0, 0.05) is 23.5 Å². The minimum atomic E-state index is 0.0128. The summed E-state index contributed by atoms with van der Waals surface area (Å²) < 4.78 is 1.82. The molecule has 0 unspecified atom stereocenters. The summed E-state index contributed by atoms with van der Waals surface area (Å²) in [4.78, 5) is 8.55. The highest BCUT2D eigenvalue weighted by atomic mass is 16.3. The largest absolute Gasteiger partial charge is 0.392 e. The fourth-order valence-corrected chi connectivity index (χ4v) is 2.57. The Kier molecular flexibility index (Phi) is 3.33. The minimum absolute atomic E-state index is 0.0128. The highest BCUT2D eigenvalue weighted by Gasteiger charge is 2.09. The SMILES string of the molecule is OCc1cccc(-c2cnc3ccc(-c4cccnc4)nn23)c1. The van der Waals surface area contributed by atoms with Gasteiger partial charge in [0.25, 0.3) is 0 Å². The van der Waals surface area contributed by atoms with Gasteiger partial charge in [-0.05, 0) is 35.9 Å². The lowest BCUT2D eigenvalue weighted by atomic mass is 10.1. The summed E-state index contributed by atoms with van der Waals surface area (Å²) >= 11 is 0. The average molecular weight is 302 g/mol. The topological polar surface area (TPSA) is 63.3 Å². The Morgan fingerprint density at radius 1 is 0.957 bits per heavy atom. The van der Waals surface area contributed by atoms with Crippen LogP contribution in [0, 0.1) is 0 Å². The van der Waals surface area contributed by atoms with E-state index >= 15 is 0 Å². The van der Waals surface area contributed by atoms with Crippen LogP contribution in [0.15, 0.2) is 67.1 Å². The lowest BCUT2D eigenvalue weighted by Crippen LogP contribution is -1.97. The molecule has 112 valence electrons. The normalized spacial score (nSPS) is 11.0. The molecule has 0 saturated carbocycles. The standard InChI is InChI=1S/C18H14N4O/c23-12-13-3-1-4-14(9-13)17-11-20-18-7-6-16(21-22(17)18)15-5-2-8-19-10-15/h1-11,23H,12H2. The molecule has 0 aliphatic heterocycles. The van der Waals surface area contributed by atoms with Gasteiger partial charge in [-0.1, -0.05) is 18.2 Å². The molecule has 0 spiro atoms. The fourth-order valence-electron chi connectivity index (χ4n) is 2.57. The summed E-state index contributed by atoms with van der Waals surface area (Å²) in [5.41, 5.74) is 5.30. The molecule has 4 aromatic rings. The minimum Gasteiger partial charge on any atom is -0.392 e. The molecule has 1 N–H and O–H groups in total. The van der Waals surface area contributed by atoms with Crippen molar-refractivity contribution >= 4 is 5.65 Å². The molecule has 0 saturated heterocycles.